The van der Waals surface area contributed by atoms with Crippen LogP contribution in [0.2, 0.25) is 0 Å². The third-order valence-corrected chi connectivity index (χ3v) is 9.12. The van der Waals surface area contributed by atoms with E-state index in [0.717, 1.165) is 0 Å². The van der Waals surface area contributed by atoms with Crippen molar-refractivity contribution in [2.45, 2.75) is 76.0 Å². The Morgan fingerprint density at radius 3 is 2.48 bits per heavy atom. The molecule has 0 aromatic carbocycles. The van der Waals surface area contributed by atoms with Crippen LogP contribution in [0.4, 0.5) is 0 Å². The van der Waals surface area contributed by atoms with Gasteiger partial charge in [0.25, 0.3) is 0 Å². The fourth-order valence-corrected chi connectivity index (χ4v) is 8.68. The molecule has 7 heteroatoms. The molecule has 3 N–H and O–H groups in total. The van der Waals surface area contributed by atoms with E-state index in [0.29, 0.717) is 19.6 Å². The molecular formula is C20H30O7. The quantitative estimate of drug-likeness (QED) is 0.545. The first-order valence-electron chi connectivity index (χ1n) is 10.2. The Morgan fingerprint density at radius 2 is 1.78 bits per heavy atom. The van der Waals surface area contributed by atoms with Gasteiger partial charge in [-0.1, -0.05) is 27.7 Å². The van der Waals surface area contributed by atoms with Gasteiger partial charge in [0.2, 0.25) is 0 Å². The molecule has 7 nitrogen and oxygen atoms in total. The Bertz CT molecular complexity index is 707. The summed E-state index contributed by atoms with van der Waals surface area (Å²) in [6.45, 7) is 9.29. The molecule has 6 rings (SSSR count). The first-order valence-corrected chi connectivity index (χ1v) is 10.2. The zero-order valence-electron chi connectivity index (χ0n) is 16.3. The summed E-state index contributed by atoms with van der Waals surface area (Å²) in [5.74, 6) is -0.391. The van der Waals surface area contributed by atoms with Crippen molar-refractivity contribution in [3.05, 3.63) is 0 Å². The highest BCUT2D eigenvalue weighted by atomic mass is 16.7. The zero-order chi connectivity index (χ0) is 19.2. The van der Waals surface area contributed by atoms with Gasteiger partial charge in [0, 0.05) is 17.3 Å². The van der Waals surface area contributed by atoms with E-state index in [1.54, 1.807) is 0 Å². The van der Waals surface area contributed by atoms with E-state index in [4.69, 9.17) is 18.9 Å². The van der Waals surface area contributed by atoms with Crippen molar-refractivity contribution < 1.29 is 34.3 Å². The van der Waals surface area contributed by atoms with Gasteiger partial charge in [0.15, 0.2) is 6.29 Å². The predicted octanol–water partition coefficient (Wildman–Crippen LogP) is 0.0507. The van der Waals surface area contributed by atoms with Crippen molar-refractivity contribution in [1.82, 2.24) is 0 Å². The van der Waals surface area contributed by atoms with Crippen molar-refractivity contribution in [2.75, 3.05) is 19.8 Å². The van der Waals surface area contributed by atoms with Crippen LogP contribution in [0.25, 0.3) is 0 Å². The molecule has 2 saturated carbocycles. The van der Waals surface area contributed by atoms with Crippen LogP contribution in [0, 0.1) is 28.1 Å². The Labute approximate surface area is 158 Å². The molecule has 4 heterocycles. The molecule has 152 valence electrons. The Kier molecular flexibility index (Phi) is 2.97. The lowest BCUT2D eigenvalue weighted by Crippen LogP contribution is -2.63. The monoisotopic (exact) mass is 382 g/mol. The van der Waals surface area contributed by atoms with Crippen LogP contribution >= 0.6 is 0 Å². The van der Waals surface area contributed by atoms with E-state index in [-0.39, 0.29) is 23.9 Å². The topological polar surface area (TPSA) is 97.6 Å². The highest BCUT2D eigenvalue weighted by Crippen LogP contribution is 2.84. The standard InChI is InChI=1S/C20H30O7/c1-9-7-25-14-12(22)19-13-10(21)11(16(2,3)4)17(19)5-6-24-15(17)27-18(19,8-26-13)20(9,14)23/h9-15,21-23H,5-8H2,1-4H3/t9-,10-,11+,12?,13?,14?,15?,17?,18-,19?,20-/m1/s1. The van der Waals surface area contributed by atoms with Crippen molar-refractivity contribution in [3.63, 3.8) is 0 Å². The highest BCUT2D eigenvalue weighted by Gasteiger charge is 2.98. The lowest BCUT2D eigenvalue weighted by molar-refractivity contribution is -0.245. The molecule has 0 bridgehead atoms. The van der Waals surface area contributed by atoms with Gasteiger partial charge in [-0.3, -0.25) is 0 Å². The van der Waals surface area contributed by atoms with Gasteiger partial charge in [-0.05, 0) is 11.8 Å². The number of hydrogen-bond donors (Lipinski definition) is 3. The van der Waals surface area contributed by atoms with Gasteiger partial charge in [-0.2, -0.15) is 0 Å². The summed E-state index contributed by atoms with van der Waals surface area (Å²) < 4.78 is 24.8. The summed E-state index contributed by atoms with van der Waals surface area (Å²) >= 11 is 0. The number of fused-ring (bicyclic) bond motifs is 1. The molecule has 0 aromatic heterocycles. The van der Waals surface area contributed by atoms with E-state index in [1.165, 1.54) is 0 Å². The summed E-state index contributed by atoms with van der Waals surface area (Å²) in [5.41, 5.74) is -4.30. The summed E-state index contributed by atoms with van der Waals surface area (Å²) in [6, 6.07) is 0. The summed E-state index contributed by atoms with van der Waals surface area (Å²) in [5, 5.41) is 35.1. The van der Waals surface area contributed by atoms with Crippen LogP contribution in [0.15, 0.2) is 0 Å². The van der Waals surface area contributed by atoms with Crippen molar-refractivity contribution in [3.8, 4) is 0 Å². The second-order valence-corrected chi connectivity index (χ2v) is 10.8. The third kappa shape index (κ3) is 1.35. The van der Waals surface area contributed by atoms with Gasteiger partial charge in [-0.15, -0.1) is 0 Å². The number of rotatable bonds is 0. The van der Waals surface area contributed by atoms with Crippen LogP contribution in [-0.4, -0.2) is 77.0 Å². The first-order chi connectivity index (χ1) is 12.6. The number of hydrogen-bond acceptors (Lipinski definition) is 7. The van der Waals surface area contributed by atoms with Crippen LogP contribution in [0.1, 0.15) is 34.1 Å². The SMILES string of the molecule is C[C@@H]1COC2C(O)C34C5OC[C@]3(OC3OCCC34[C@H](C(C)(C)C)[C@H]5O)[C@]21O. The molecule has 6 aliphatic rings. The fourth-order valence-electron chi connectivity index (χ4n) is 8.68. The molecular weight excluding hydrogens is 352 g/mol. The maximum atomic E-state index is 12.0. The minimum absolute atomic E-state index is 0.144. The molecule has 6 fully saturated rings. The third-order valence-electron chi connectivity index (χ3n) is 9.12. The molecule has 11 atom stereocenters. The van der Waals surface area contributed by atoms with Crippen molar-refractivity contribution in [2.24, 2.45) is 28.1 Å². The fraction of sp³-hybridized carbons (Fsp3) is 1.00. The molecule has 2 aliphatic carbocycles. The van der Waals surface area contributed by atoms with Gasteiger partial charge in [0.1, 0.15) is 17.3 Å². The Balaban J connectivity index is 1.67. The second-order valence-electron chi connectivity index (χ2n) is 10.8. The average molecular weight is 382 g/mol. The maximum Gasteiger partial charge on any atom is 0.165 e. The minimum atomic E-state index is -1.37. The normalized spacial score (nSPS) is 66.1. The molecule has 4 saturated heterocycles. The summed E-state index contributed by atoms with van der Waals surface area (Å²) in [7, 11) is 0. The van der Waals surface area contributed by atoms with Crippen molar-refractivity contribution in [1.29, 1.82) is 0 Å². The zero-order valence-corrected chi connectivity index (χ0v) is 16.3. The van der Waals surface area contributed by atoms with E-state index in [1.807, 2.05) is 6.92 Å². The average Bonchev–Trinajstić information content (AvgIpc) is 3.30. The number of aliphatic hydroxyl groups excluding tert-OH is 2. The van der Waals surface area contributed by atoms with Crippen molar-refractivity contribution >= 4 is 0 Å². The van der Waals surface area contributed by atoms with Crippen LogP contribution in [0.3, 0.4) is 0 Å². The molecule has 0 amide bonds. The van der Waals surface area contributed by atoms with Gasteiger partial charge in [0.05, 0.1) is 43.5 Å². The minimum Gasteiger partial charge on any atom is -0.390 e. The van der Waals surface area contributed by atoms with Crippen LogP contribution < -0.4 is 0 Å². The summed E-state index contributed by atoms with van der Waals surface area (Å²) in [6.07, 6.45) is -2.96. The molecule has 6 unspecified atom stereocenters. The van der Waals surface area contributed by atoms with Gasteiger partial charge >= 0.3 is 0 Å². The molecule has 2 spiro atoms. The molecule has 0 aromatic rings. The van der Waals surface area contributed by atoms with Gasteiger partial charge < -0.3 is 34.3 Å². The van der Waals surface area contributed by atoms with Crippen LogP contribution in [-0.2, 0) is 18.9 Å². The maximum absolute atomic E-state index is 12.0. The Hall–Kier alpha value is -0.280. The van der Waals surface area contributed by atoms with Gasteiger partial charge in [-0.25, -0.2) is 0 Å². The number of aliphatic hydroxyl groups is 3. The predicted molar refractivity (Wildman–Crippen MR) is 91.6 cm³/mol. The Morgan fingerprint density at radius 1 is 1.04 bits per heavy atom. The largest absolute Gasteiger partial charge is 0.390 e. The van der Waals surface area contributed by atoms with E-state index < -0.39 is 52.7 Å². The lowest BCUT2D eigenvalue weighted by Gasteiger charge is -2.48. The summed E-state index contributed by atoms with van der Waals surface area (Å²) in [4.78, 5) is 0. The van der Waals surface area contributed by atoms with Crippen LogP contribution in [0.5, 0.6) is 0 Å². The molecule has 4 aliphatic heterocycles. The van der Waals surface area contributed by atoms with E-state index in [9.17, 15) is 15.3 Å². The highest BCUT2D eigenvalue weighted by molar-refractivity contribution is 5.43. The smallest absolute Gasteiger partial charge is 0.165 e. The first kappa shape index (κ1) is 17.6. The number of ether oxygens (including phenoxy) is 4. The molecule has 0 radical (unpaired) electrons. The second kappa shape index (κ2) is 4.56. The van der Waals surface area contributed by atoms with E-state index in [2.05, 4.69) is 20.8 Å². The molecule has 27 heavy (non-hydrogen) atoms. The van der Waals surface area contributed by atoms with E-state index >= 15 is 0 Å². The lowest BCUT2D eigenvalue weighted by atomic mass is 9.52.